The van der Waals surface area contributed by atoms with Crippen molar-refractivity contribution < 1.29 is 4.79 Å². The number of hydrogen-bond acceptors (Lipinski definition) is 1. The predicted molar refractivity (Wildman–Crippen MR) is 39.8 cm³/mol. The fourth-order valence-electron chi connectivity index (χ4n) is 4.49. The van der Waals surface area contributed by atoms with Crippen molar-refractivity contribution in [2.45, 2.75) is 19.3 Å². The highest BCUT2D eigenvalue weighted by Gasteiger charge is 2.71. The first-order valence-electron chi connectivity index (χ1n) is 4.90. The van der Waals surface area contributed by atoms with Crippen LogP contribution in [0.15, 0.2) is 0 Å². The van der Waals surface area contributed by atoms with Crippen LogP contribution in [0.3, 0.4) is 0 Å². The molecule has 0 heterocycles. The Morgan fingerprint density at radius 2 is 1.64 bits per heavy atom. The second-order valence-electron chi connectivity index (χ2n) is 5.01. The van der Waals surface area contributed by atoms with E-state index in [4.69, 9.17) is 0 Å². The van der Waals surface area contributed by atoms with Crippen molar-refractivity contribution in [1.29, 1.82) is 0 Å². The lowest BCUT2D eigenvalue weighted by Crippen LogP contribution is -2.36. The molecule has 6 atom stereocenters. The molecule has 0 aromatic heterocycles. The van der Waals surface area contributed by atoms with Gasteiger partial charge in [0, 0.05) is 11.8 Å². The molecule has 11 heavy (non-hydrogen) atoms. The van der Waals surface area contributed by atoms with Gasteiger partial charge in [0.1, 0.15) is 5.78 Å². The molecule has 4 bridgehead atoms. The van der Waals surface area contributed by atoms with Crippen LogP contribution in [0.1, 0.15) is 19.3 Å². The summed E-state index contributed by atoms with van der Waals surface area (Å²) in [6, 6.07) is 0. The smallest absolute Gasteiger partial charge is 0.139 e. The molecule has 0 spiro atoms. The van der Waals surface area contributed by atoms with E-state index in [1.54, 1.807) is 0 Å². The normalized spacial score (nSPS) is 68.9. The summed E-state index contributed by atoms with van der Waals surface area (Å²) in [5.74, 6) is 5.55. The topological polar surface area (TPSA) is 17.1 Å². The molecule has 5 aliphatic carbocycles. The van der Waals surface area contributed by atoms with Crippen LogP contribution in [0.2, 0.25) is 0 Å². The second kappa shape index (κ2) is 1.30. The Morgan fingerprint density at radius 1 is 1.00 bits per heavy atom. The maximum Gasteiger partial charge on any atom is 0.139 e. The van der Waals surface area contributed by atoms with Gasteiger partial charge in [-0.25, -0.2) is 0 Å². The number of Topliss-reactive ketones (excluding diaryl/α,β-unsaturated/α-hetero) is 1. The van der Waals surface area contributed by atoms with E-state index in [0.717, 1.165) is 23.7 Å². The lowest BCUT2D eigenvalue weighted by Gasteiger charge is -2.36. The summed E-state index contributed by atoms with van der Waals surface area (Å²) in [6.07, 6.45) is 4.02. The zero-order chi connectivity index (χ0) is 7.16. The van der Waals surface area contributed by atoms with Gasteiger partial charge in [0.15, 0.2) is 0 Å². The first kappa shape index (κ1) is 5.34. The third kappa shape index (κ3) is 0.401. The highest BCUT2D eigenvalue weighted by molar-refractivity contribution is 5.89. The fraction of sp³-hybridized carbons (Fsp3) is 0.900. The van der Waals surface area contributed by atoms with E-state index in [1.807, 2.05) is 0 Å². The number of ketones is 1. The van der Waals surface area contributed by atoms with Gasteiger partial charge in [0.25, 0.3) is 0 Å². The summed E-state index contributed by atoms with van der Waals surface area (Å²) in [4.78, 5) is 11.6. The number of carbonyl (C=O) groups excluding carboxylic acids is 1. The van der Waals surface area contributed by atoms with Gasteiger partial charge in [-0.15, -0.1) is 0 Å². The fourth-order valence-corrected chi connectivity index (χ4v) is 4.49. The molecule has 0 amide bonds. The molecule has 0 N–H and O–H groups in total. The molecule has 0 aliphatic heterocycles. The van der Waals surface area contributed by atoms with Crippen LogP contribution in [0.25, 0.3) is 0 Å². The van der Waals surface area contributed by atoms with Crippen LogP contribution < -0.4 is 0 Å². The summed E-state index contributed by atoms with van der Waals surface area (Å²) in [5.41, 5.74) is 0. The van der Waals surface area contributed by atoms with Crippen LogP contribution >= 0.6 is 0 Å². The second-order valence-corrected chi connectivity index (χ2v) is 5.01. The molecule has 5 fully saturated rings. The van der Waals surface area contributed by atoms with Gasteiger partial charge in [0.05, 0.1) is 0 Å². The van der Waals surface area contributed by atoms with Crippen molar-refractivity contribution in [3.05, 3.63) is 0 Å². The molecule has 5 rings (SSSR count). The third-order valence-electron chi connectivity index (χ3n) is 4.73. The SMILES string of the molecule is O=C1C2C[C@@H]3C[C@H](C2)C2C1C23. The van der Waals surface area contributed by atoms with Crippen LogP contribution in [0, 0.1) is 35.5 Å². The average molecular weight is 148 g/mol. The lowest BCUT2D eigenvalue weighted by molar-refractivity contribution is -0.131. The number of rotatable bonds is 0. The van der Waals surface area contributed by atoms with Crippen molar-refractivity contribution in [2.75, 3.05) is 0 Å². The molecular weight excluding hydrogens is 136 g/mol. The van der Waals surface area contributed by atoms with E-state index < -0.39 is 0 Å². The van der Waals surface area contributed by atoms with Gasteiger partial charge in [0.2, 0.25) is 0 Å². The van der Waals surface area contributed by atoms with Gasteiger partial charge in [-0.1, -0.05) is 0 Å². The molecule has 0 aromatic rings. The molecule has 0 aromatic carbocycles. The van der Waals surface area contributed by atoms with E-state index in [1.165, 1.54) is 19.3 Å². The van der Waals surface area contributed by atoms with Crippen molar-refractivity contribution in [3.8, 4) is 0 Å². The first-order chi connectivity index (χ1) is 5.36. The molecule has 58 valence electrons. The summed E-state index contributed by atoms with van der Waals surface area (Å²) in [5, 5.41) is 0. The van der Waals surface area contributed by atoms with E-state index in [-0.39, 0.29) is 0 Å². The molecule has 4 unspecified atom stereocenters. The van der Waals surface area contributed by atoms with Gasteiger partial charge in [-0.2, -0.15) is 0 Å². The van der Waals surface area contributed by atoms with Gasteiger partial charge >= 0.3 is 0 Å². The first-order valence-corrected chi connectivity index (χ1v) is 4.90. The van der Waals surface area contributed by atoms with Crippen molar-refractivity contribution in [3.63, 3.8) is 0 Å². The minimum Gasteiger partial charge on any atom is -0.299 e. The molecular formula is C10H12O. The Bertz CT molecular complexity index is 236. The number of carbonyl (C=O) groups is 1. The predicted octanol–water partition coefficient (Wildman–Crippen LogP) is 1.48. The standard InChI is InChI=1S/C10H12O/c11-10-6-2-4-1-5(3-6)8-7(4)9(8)10/h4-9H,1-3H2/t4-,5+,6?,7?,8?,9?. The van der Waals surface area contributed by atoms with E-state index in [2.05, 4.69) is 0 Å². The van der Waals surface area contributed by atoms with Crippen molar-refractivity contribution in [1.82, 2.24) is 0 Å². The van der Waals surface area contributed by atoms with E-state index in [9.17, 15) is 4.79 Å². The highest BCUT2D eigenvalue weighted by atomic mass is 16.1. The highest BCUT2D eigenvalue weighted by Crippen LogP contribution is 2.73. The molecule has 1 nitrogen and oxygen atoms in total. The zero-order valence-corrected chi connectivity index (χ0v) is 6.49. The van der Waals surface area contributed by atoms with Crippen LogP contribution in [0.4, 0.5) is 0 Å². The van der Waals surface area contributed by atoms with Crippen LogP contribution in [-0.4, -0.2) is 5.78 Å². The maximum absolute atomic E-state index is 11.6. The Hall–Kier alpha value is -0.330. The Kier molecular flexibility index (Phi) is 0.630. The molecule has 0 saturated heterocycles. The quantitative estimate of drug-likeness (QED) is 0.508. The lowest BCUT2D eigenvalue weighted by atomic mass is 9.67. The molecule has 5 aliphatic rings. The Balaban J connectivity index is 1.90. The van der Waals surface area contributed by atoms with Gasteiger partial charge in [-0.3, -0.25) is 4.79 Å². The minimum atomic E-state index is 0.527. The molecule has 5 saturated carbocycles. The Labute approximate surface area is 66.2 Å². The third-order valence-corrected chi connectivity index (χ3v) is 4.73. The monoisotopic (exact) mass is 148 g/mol. The average Bonchev–Trinajstić information content (AvgIpc) is 2.69. The van der Waals surface area contributed by atoms with Gasteiger partial charge < -0.3 is 0 Å². The van der Waals surface area contributed by atoms with E-state index >= 15 is 0 Å². The van der Waals surface area contributed by atoms with Gasteiger partial charge in [-0.05, 0) is 42.9 Å². The van der Waals surface area contributed by atoms with Crippen LogP contribution in [0.5, 0.6) is 0 Å². The Morgan fingerprint density at radius 3 is 2.27 bits per heavy atom. The molecule has 0 radical (unpaired) electrons. The number of hydrogen-bond donors (Lipinski definition) is 0. The summed E-state index contributed by atoms with van der Waals surface area (Å²) < 4.78 is 0. The summed E-state index contributed by atoms with van der Waals surface area (Å²) in [6.45, 7) is 0. The van der Waals surface area contributed by atoms with E-state index in [0.29, 0.717) is 17.6 Å². The zero-order valence-electron chi connectivity index (χ0n) is 6.49. The maximum atomic E-state index is 11.6. The largest absolute Gasteiger partial charge is 0.299 e. The molecule has 1 heteroatoms. The summed E-state index contributed by atoms with van der Waals surface area (Å²) >= 11 is 0. The summed E-state index contributed by atoms with van der Waals surface area (Å²) in [7, 11) is 0. The van der Waals surface area contributed by atoms with Crippen molar-refractivity contribution >= 4 is 5.78 Å². The van der Waals surface area contributed by atoms with Crippen molar-refractivity contribution in [2.24, 2.45) is 35.5 Å². The van der Waals surface area contributed by atoms with Crippen LogP contribution in [-0.2, 0) is 4.79 Å². The minimum absolute atomic E-state index is 0.527.